The molecule has 0 fully saturated rings. The first-order valence-electron chi connectivity index (χ1n) is 3.73. The number of rotatable bonds is 6. The highest BCUT2D eigenvalue weighted by Crippen LogP contribution is 2.19. The number of azide groups is 1. The summed E-state index contributed by atoms with van der Waals surface area (Å²) >= 11 is 1.70. The largest absolute Gasteiger partial charge is 0.479 e. The summed E-state index contributed by atoms with van der Waals surface area (Å²) in [5.74, 6) is -1.02. The third kappa shape index (κ3) is 5.67. The highest BCUT2D eigenvalue weighted by molar-refractivity contribution is 14.1. The molecule has 0 rings (SSSR count). The summed E-state index contributed by atoms with van der Waals surface area (Å²) in [4.78, 5) is 13.1. The van der Waals surface area contributed by atoms with Crippen molar-refractivity contribution in [2.24, 2.45) is 10.8 Å². The van der Waals surface area contributed by atoms with E-state index in [0.717, 1.165) is 0 Å². The van der Waals surface area contributed by atoms with Crippen LogP contribution in [-0.4, -0.2) is 21.2 Å². The van der Waals surface area contributed by atoms with Gasteiger partial charge in [0.25, 0.3) is 0 Å². The van der Waals surface area contributed by atoms with Crippen LogP contribution in [0.15, 0.2) is 5.11 Å². The van der Waals surface area contributed by atoms with Crippen LogP contribution >= 0.6 is 22.6 Å². The maximum Gasteiger partial charge on any atom is 0.333 e. The van der Waals surface area contributed by atoms with Crippen molar-refractivity contribution in [3.63, 3.8) is 0 Å². The van der Waals surface area contributed by atoms with Crippen LogP contribution < -0.4 is 5.73 Å². The molecule has 7 heteroatoms. The lowest BCUT2D eigenvalue weighted by Gasteiger charge is -2.15. The summed E-state index contributed by atoms with van der Waals surface area (Å²) in [5, 5.41) is 12.0. The highest BCUT2D eigenvalue weighted by atomic mass is 127. The van der Waals surface area contributed by atoms with Gasteiger partial charge in [-0.25, -0.2) is 4.79 Å². The Morgan fingerprint density at radius 2 is 2.31 bits per heavy atom. The van der Waals surface area contributed by atoms with E-state index in [1.54, 1.807) is 22.6 Å². The second-order valence-electron chi connectivity index (χ2n) is 2.58. The lowest BCUT2D eigenvalue weighted by Crippen LogP contribution is -2.41. The number of hydrogen-bond acceptors (Lipinski definition) is 3. The number of halogens is 1. The highest BCUT2D eigenvalue weighted by Gasteiger charge is 2.29. The molecule has 0 saturated heterocycles. The molecule has 1 atom stereocenters. The molecule has 3 N–H and O–H groups in total. The first-order chi connectivity index (χ1) is 6.00. The van der Waals surface area contributed by atoms with Gasteiger partial charge in [-0.05, 0) is 41.0 Å². The zero-order chi connectivity index (χ0) is 10.3. The first-order valence-corrected chi connectivity index (χ1v) is 4.80. The van der Waals surface area contributed by atoms with Gasteiger partial charge in [-0.15, -0.1) is 0 Å². The molecular formula is C6H11IN4O2. The van der Waals surface area contributed by atoms with Gasteiger partial charge >= 0.3 is 5.97 Å². The Balaban J connectivity index is 3.63. The number of hydrogen-bond donors (Lipinski definition) is 2. The molecule has 74 valence electrons. The zero-order valence-corrected chi connectivity index (χ0v) is 9.14. The van der Waals surface area contributed by atoms with Crippen molar-refractivity contribution in [2.45, 2.75) is 22.8 Å². The van der Waals surface area contributed by atoms with Gasteiger partial charge in [-0.3, -0.25) is 0 Å². The Hall–Kier alpha value is -0.530. The minimum Gasteiger partial charge on any atom is -0.479 e. The van der Waals surface area contributed by atoms with Crippen molar-refractivity contribution >= 4 is 28.6 Å². The average Bonchev–Trinajstić information content (AvgIpc) is 2.03. The molecule has 6 nitrogen and oxygen atoms in total. The Bertz CT molecular complexity index is 225. The van der Waals surface area contributed by atoms with Crippen LogP contribution in [0, 0.1) is 0 Å². The lowest BCUT2D eigenvalue weighted by molar-refractivity contribution is -0.139. The van der Waals surface area contributed by atoms with E-state index in [0.29, 0.717) is 25.8 Å². The van der Waals surface area contributed by atoms with Crippen molar-refractivity contribution < 1.29 is 9.90 Å². The van der Waals surface area contributed by atoms with Crippen molar-refractivity contribution in [2.75, 3.05) is 6.54 Å². The van der Waals surface area contributed by atoms with Gasteiger partial charge in [0.2, 0.25) is 0 Å². The van der Waals surface area contributed by atoms with Gasteiger partial charge in [0.05, 0.1) is 0 Å². The molecule has 0 aliphatic carbocycles. The van der Waals surface area contributed by atoms with Crippen LogP contribution in [0.3, 0.4) is 0 Å². The van der Waals surface area contributed by atoms with Crippen molar-refractivity contribution in [1.82, 2.24) is 0 Å². The van der Waals surface area contributed by atoms with Gasteiger partial charge < -0.3 is 10.8 Å². The summed E-state index contributed by atoms with van der Waals surface area (Å²) in [6, 6.07) is 0. The van der Waals surface area contributed by atoms with E-state index >= 15 is 0 Å². The first kappa shape index (κ1) is 12.5. The Kier molecular flexibility index (Phi) is 5.76. The van der Waals surface area contributed by atoms with Crippen LogP contribution in [0.25, 0.3) is 10.4 Å². The predicted molar refractivity (Wildman–Crippen MR) is 56.4 cm³/mol. The van der Waals surface area contributed by atoms with E-state index in [-0.39, 0.29) is 0 Å². The minimum absolute atomic E-state index is 0.379. The number of carbonyl (C=O) groups is 1. The second kappa shape index (κ2) is 6.01. The Labute approximate surface area is 89.3 Å². The SMILES string of the molecule is [N-]=[N+]=NCCCCC(N)(I)C(=O)O. The van der Waals surface area contributed by atoms with E-state index in [1.807, 2.05) is 0 Å². The normalized spacial score (nSPS) is 14.3. The van der Waals surface area contributed by atoms with Crippen molar-refractivity contribution in [3.05, 3.63) is 10.4 Å². The maximum atomic E-state index is 10.5. The van der Waals surface area contributed by atoms with Gasteiger partial charge in [0.1, 0.15) is 0 Å². The number of unbranched alkanes of at least 4 members (excludes halogenated alkanes) is 1. The summed E-state index contributed by atoms with van der Waals surface area (Å²) < 4.78 is -1.20. The summed E-state index contributed by atoms with van der Waals surface area (Å²) in [6.07, 6.45) is 1.69. The Morgan fingerprint density at radius 3 is 2.77 bits per heavy atom. The minimum atomic E-state index is -1.20. The molecule has 0 radical (unpaired) electrons. The number of nitrogens with two attached hydrogens (primary N) is 1. The molecule has 0 aromatic heterocycles. The summed E-state index contributed by atoms with van der Waals surface area (Å²) in [7, 11) is 0. The molecule has 0 bridgehead atoms. The van der Waals surface area contributed by atoms with Crippen molar-refractivity contribution in [3.8, 4) is 0 Å². The van der Waals surface area contributed by atoms with E-state index in [4.69, 9.17) is 16.4 Å². The predicted octanol–water partition coefficient (Wildman–Crippen LogP) is 1.64. The fourth-order valence-corrected chi connectivity index (χ4v) is 1.10. The van der Waals surface area contributed by atoms with Gasteiger partial charge in [0.15, 0.2) is 3.55 Å². The monoisotopic (exact) mass is 298 g/mol. The number of alkyl halides is 1. The maximum absolute atomic E-state index is 10.5. The number of nitrogens with zero attached hydrogens (tertiary/aromatic N) is 3. The molecule has 0 aromatic carbocycles. The van der Waals surface area contributed by atoms with Crippen LogP contribution in [0.1, 0.15) is 19.3 Å². The molecular weight excluding hydrogens is 287 g/mol. The van der Waals surface area contributed by atoms with Crippen LogP contribution in [0.2, 0.25) is 0 Å². The average molecular weight is 298 g/mol. The molecule has 1 unspecified atom stereocenters. The topological polar surface area (TPSA) is 112 Å². The van der Waals surface area contributed by atoms with Crippen molar-refractivity contribution in [1.29, 1.82) is 0 Å². The third-order valence-corrected chi connectivity index (χ3v) is 2.47. The number of carboxylic acid groups (broad SMARTS) is 1. The lowest BCUT2D eigenvalue weighted by atomic mass is 10.1. The van der Waals surface area contributed by atoms with Crippen LogP contribution in [0.4, 0.5) is 0 Å². The second-order valence-corrected chi connectivity index (χ2v) is 4.50. The van der Waals surface area contributed by atoms with Gasteiger partial charge in [-0.1, -0.05) is 11.5 Å². The quantitative estimate of drug-likeness (QED) is 0.148. The van der Waals surface area contributed by atoms with Crippen LogP contribution in [-0.2, 0) is 4.79 Å². The van der Waals surface area contributed by atoms with Gasteiger partial charge in [-0.2, -0.15) is 0 Å². The molecule has 0 aliphatic heterocycles. The molecule has 0 aliphatic rings. The molecule has 0 heterocycles. The molecule has 0 saturated carbocycles. The van der Waals surface area contributed by atoms with Crippen LogP contribution in [0.5, 0.6) is 0 Å². The van der Waals surface area contributed by atoms with E-state index in [1.165, 1.54) is 0 Å². The Morgan fingerprint density at radius 1 is 1.69 bits per heavy atom. The van der Waals surface area contributed by atoms with E-state index in [9.17, 15) is 4.79 Å². The zero-order valence-electron chi connectivity index (χ0n) is 6.98. The molecule has 0 spiro atoms. The molecule has 13 heavy (non-hydrogen) atoms. The fourth-order valence-electron chi connectivity index (χ4n) is 0.716. The van der Waals surface area contributed by atoms with E-state index < -0.39 is 9.51 Å². The standard InChI is InChI=1S/C6H11IN4O2/c7-6(8,5(12)13)3-1-2-4-10-11-9/h1-4,8H2,(H,12,13). The van der Waals surface area contributed by atoms with E-state index in [2.05, 4.69) is 10.0 Å². The number of aliphatic carboxylic acids is 1. The summed E-state index contributed by atoms with van der Waals surface area (Å²) in [5.41, 5.74) is 13.4. The third-order valence-electron chi connectivity index (χ3n) is 1.47. The molecule has 0 aromatic rings. The molecule has 0 amide bonds. The van der Waals surface area contributed by atoms with Gasteiger partial charge in [0, 0.05) is 11.5 Å². The number of carboxylic acids is 1. The smallest absolute Gasteiger partial charge is 0.333 e. The fraction of sp³-hybridized carbons (Fsp3) is 0.833. The summed E-state index contributed by atoms with van der Waals surface area (Å²) in [6.45, 7) is 0.392.